The molecule has 0 heterocycles. The highest BCUT2D eigenvalue weighted by Gasteiger charge is 2.15. The van der Waals surface area contributed by atoms with Crippen molar-refractivity contribution in [2.45, 2.75) is 6.42 Å². The van der Waals surface area contributed by atoms with Gasteiger partial charge in [-0.15, -0.1) is 0 Å². The largest absolute Gasteiger partial charge is 0.398 e. The van der Waals surface area contributed by atoms with Gasteiger partial charge >= 0.3 is 0 Å². The highest BCUT2D eigenvalue weighted by atomic mass is 19.2. The summed E-state index contributed by atoms with van der Waals surface area (Å²) in [4.78, 5) is 1.86. The van der Waals surface area contributed by atoms with E-state index in [0.717, 1.165) is 6.07 Å². The summed E-state index contributed by atoms with van der Waals surface area (Å²) in [6.07, 6.45) is 0.331. The zero-order valence-electron chi connectivity index (χ0n) is 9.35. The molecule has 0 amide bonds. The van der Waals surface area contributed by atoms with E-state index in [2.05, 4.69) is 0 Å². The van der Waals surface area contributed by atoms with Gasteiger partial charge in [-0.25, -0.2) is 8.78 Å². The summed E-state index contributed by atoms with van der Waals surface area (Å²) >= 11 is 0. The van der Waals surface area contributed by atoms with E-state index in [4.69, 9.17) is 11.1 Å². The van der Waals surface area contributed by atoms with Gasteiger partial charge in [-0.2, -0.15) is 0 Å². The second-order valence-corrected chi connectivity index (χ2v) is 3.86. The molecular weight excluding hydrogens is 212 g/mol. The molecule has 3 nitrogen and oxygen atoms in total. The lowest BCUT2D eigenvalue weighted by Crippen LogP contribution is -2.18. The van der Waals surface area contributed by atoms with Crippen molar-refractivity contribution in [1.82, 2.24) is 4.90 Å². The first-order valence-corrected chi connectivity index (χ1v) is 4.89. The third kappa shape index (κ3) is 2.76. The molecule has 0 radical (unpaired) electrons. The molecule has 0 saturated heterocycles. The molecule has 0 aromatic heterocycles. The van der Waals surface area contributed by atoms with Crippen molar-refractivity contribution in [3.63, 3.8) is 0 Å². The lowest BCUT2D eigenvalue weighted by Gasteiger charge is -2.12. The molecule has 0 unspecified atom stereocenters. The van der Waals surface area contributed by atoms with E-state index in [0.29, 0.717) is 13.0 Å². The van der Waals surface area contributed by atoms with Crippen LogP contribution in [0.4, 0.5) is 14.5 Å². The Kier molecular flexibility index (Phi) is 3.95. The topological polar surface area (TPSA) is 53.1 Å². The maximum atomic E-state index is 13.4. The lowest BCUT2D eigenvalue weighted by atomic mass is 10.0. The van der Waals surface area contributed by atoms with Crippen molar-refractivity contribution in [3.8, 4) is 0 Å². The van der Waals surface area contributed by atoms with Crippen LogP contribution in [0.15, 0.2) is 12.1 Å². The van der Waals surface area contributed by atoms with Gasteiger partial charge in [0.2, 0.25) is 0 Å². The summed E-state index contributed by atoms with van der Waals surface area (Å²) in [5.74, 6) is -2.01. The fraction of sp³-hybridized carbons (Fsp3) is 0.364. The van der Waals surface area contributed by atoms with E-state index in [1.54, 1.807) is 0 Å². The molecule has 0 atom stereocenters. The predicted octanol–water partition coefficient (Wildman–Crippen LogP) is 1.87. The molecule has 0 aliphatic rings. The number of nitrogens with one attached hydrogen (secondary N) is 1. The minimum atomic E-state index is -1.04. The van der Waals surface area contributed by atoms with E-state index < -0.39 is 11.6 Å². The Hall–Kier alpha value is -1.49. The molecule has 0 bridgehead atoms. The van der Waals surface area contributed by atoms with Crippen LogP contribution in [-0.2, 0) is 0 Å². The number of rotatable bonds is 4. The molecule has 1 rings (SSSR count). The van der Waals surface area contributed by atoms with Crippen molar-refractivity contribution in [2.24, 2.45) is 0 Å². The number of hydrogen-bond donors (Lipinski definition) is 2. The highest BCUT2D eigenvalue weighted by Crippen LogP contribution is 2.20. The Morgan fingerprint density at radius 1 is 1.38 bits per heavy atom. The summed E-state index contributed by atoms with van der Waals surface area (Å²) in [5.41, 5.74) is 5.53. The second kappa shape index (κ2) is 5.03. The molecule has 16 heavy (non-hydrogen) atoms. The van der Waals surface area contributed by atoms with Crippen molar-refractivity contribution >= 4 is 11.4 Å². The molecule has 0 spiro atoms. The number of hydrogen-bond acceptors (Lipinski definition) is 3. The van der Waals surface area contributed by atoms with Crippen LogP contribution in [0, 0.1) is 17.0 Å². The molecule has 1 aromatic carbocycles. The van der Waals surface area contributed by atoms with E-state index in [1.165, 1.54) is 6.07 Å². The fourth-order valence-corrected chi connectivity index (χ4v) is 1.33. The first-order chi connectivity index (χ1) is 7.43. The summed E-state index contributed by atoms with van der Waals surface area (Å²) in [6.45, 7) is 0.591. The van der Waals surface area contributed by atoms with Crippen LogP contribution < -0.4 is 5.73 Å². The van der Waals surface area contributed by atoms with Gasteiger partial charge in [-0.3, -0.25) is 0 Å². The standard InChI is InChI=1S/C11H15F2N3/c1-16(2)6-5-9(15)10-8(14)4-3-7(12)11(10)13/h3-4,15H,5-6,14H2,1-2H3. The first-order valence-electron chi connectivity index (χ1n) is 4.89. The van der Waals surface area contributed by atoms with Crippen molar-refractivity contribution < 1.29 is 8.78 Å². The normalized spacial score (nSPS) is 10.8. The molecule has 0 aliphatic heterocycles. The van der Waals surface area contributed by atoms with Gasteiger partial charge in [-0.05, 0) is 26.2 Å². The maximum absolute atomic E-state index is 13.4. The van der Waals surface area contributed by atoms with Crippen molar-refractivity contribution in [2.75, 3.05) is 26.4 Å². The third-order valence-electron chi connectivity index (χ3n) is 2.24. The van der Waals surface area contributed by atoms with E-state index in [-0.39, 0.29) is 17.0 Å². The Morgan fingerprint density at radius 2 is 2.00 bits per heavy atom. The molecular formula is C11H15F2N3. The van der Waals surface area contributed by atoms with Gasteiger partial charge in [0, 0.05) is 24.4 Å². The Labute approximate surface area is 93.4 Å². The zero-order valence-corrected chi connectivity index (χ0v) is 9.35. The molecule has 88 valence electrons. The van der Waals surface area contributed by atoms with Gasteiger partial charge in [0.15, 0.2) is 11.6 Å². The van der Waals surface area contributed by atoms with Crippen LogP contribution in [0.25, 0.3) is 0 Å². The molecule has 3 N–H and O–H groups in total. The first kappa shape index (κ1) is 12.6. The van der Waals surface area contributed by atoms with Crippen LogP contribution in [-0.4, -0.2) is 31.3 Å². The molecule has 5 heteroatoms. The van der Waals surface area contributed by atoms with Gasteiger partial charge < -0.3 is 16.0 Å². The highest BCUT2D eigenvalue weighted by molar-refractivity contribution is 6.02. The van der Waals surface area contributed by atoms with Gasteiger partial charge in [0.1, 0.15) is 0 Å². The zero-order chi connectivity index (χ0) is 12.3. The summed E-state index contributed by atoms with van der Waals surface area (Å²) in [6, 6.07) is 2.24. The second-order valence-electron chi connectivity index (χ2n) is 3.86. The minimum Gasteiger partial charge on any atom is -0.398 e. The van der Waals surface area contributed by atoms with Crippen LogP contribution >= 0.6 is 0 Å². The average Bonchev–Trinajstić information content (AvgIpc) is 2.21. The number of benzene rings is 1. The maximum Gasteiger partial charge on any atom is 0.169 e. The summed E-state index contributed by atoms with van der Waals surface area (Å²) in [7, 11) is 3.69. The number of nitrogen functional groups attached to an aromatic ring is 1. The monoisotopic (exact) mass is 227 g/mol. The van der Waals surface area contributed by atoms with Gasteiger partial charge in [0.05, 0.1) is 5.56 Å². The number of halogens is 2. The lowest BCUT2D eigenvalue weighted by molar-refractivity contribution is 0.421. The Bertz CT molecular complexity index is 402. The van der Waals surface area contributed by atoms with Crippen molar-refractivity contribution in [1.29, 1.82) is 5.41 Å². The predicted molar refractivity (Wildman–Crippen MR) is 60.8 cm³/mol. The molecule has 0 aliphatic carbocycles. The van der Waals surface area contributed by atoms with E-state index >= 15 is 0 Å². The summed E-state index contributed by atoms with van der Waals surface area (Å²) in [5, 5.41) is 7.69. The van der Waals surface area contributed by atoms with Crippen molar-refractivity contribution in [3.05, 3.63) is 29.3 Å². The van der Waals surface area contributed by atoms with Gasteiger partial charge in [0.25, 0.3) is 0 Å². The number of anilines is 1. The molecule has 0 fully saturated rings. The van der Waals surface area contributed by atoms with E-state index in [9.17, 15) is 8.78 Å². The van der Waals surface area contributed by atoms with Gasteiger partial charge in [-0.1, -0.05) is 0 Å². The smallest absolute Gasteiger partial charge is 0.169 e. The average molecular weight is 227 g/mol. The number of nitrogens with two attached hydrogens (primary N) is 1. The number of nitrogens with zero attached hydrogens (tertiary/aromatic N) is 1. The molecule has 1 aromatic rings. The fourth-order valence-electron chi connectivity index (χ4n) is 1.33. The van der Waals surface area contributed by atoms with Crippen LogP contribution in [0.3, 0.4) is 0 Å². The minimum absolute atomic E-state index is 0.0169. The Morgan fingerprint density at radius 3 is 2.56 bits per heavy atom. The van der Waals surface area contributed by atoms with Crippen LogP contribution in [0.2, 0.25) is 0 Å². The van der Waals surface area contributed by atoms with Crippen LogP contribution in [0.5, 0.6) is 0 Å². The van der Waals surface area contributed by atoms with E-state index in [1.807, 2.05) is 19.0 Å². The molecule has 0 saturated carbocycles. The van der Waals surface area contributed by atoms with Crippen LogP contribution in [0.1, 0.15) is 12.0 Å². The SMILES string of the molecule is CN(C)CCC(=N)c1c(N)ccc(F)c1F. The quantitative estimate of drug-likeness (QED) is 0.609. The third-order valence-corrected chi connectivity index (χ3v) is 2.24. The Balaban J connectivity index is 2.95. The summed E-state index contributed by atoms with van der Waals surface area (Å²) < 4.78 is 26.4.